The fourth-order valence-electron chi connectivity index (χ4n) is 1.72. The Morgan fingerprint density at radius 2 is 1.82 bits per heavy atom. The number of carboxylic acids is 1. The van der Waals surface area contributed by atoms with Gasteiger partial charge in [0.05, 0.1) is 0 Å². The van der Waals surface area contributed by atoms with Crippen molar-refractivity contribution in [2.45, 2.75) is 71.3 Å². The molecule has 1 unspecified atom stereocenters. The molecular weight excluding hydrogens is 218 g/mol. The zero-order valence-electron chi connectivity index (χ0n) is 11.0. The first kappa shape index (κ1) is 15.9. The molecular formula is C13H25NO3. The van der Waals surface area contributed by atoms with Crippen LogP contribution in [0.2, 0.25) is 0 Å². The number of unbranched alkanes of at least 4 members (excludes halogenated alkanes) is 2. The summed E-state index contributed by atoms with van der Waals surface area (Å²) in [5, 5.41) is 11.4. The molecule has 0 saturated heterocycles. The van der Waals surface area contributed by atoms with Crippen molar-refractivity contribution in [1.29, 1.82) is 0 Å². The highest BCUT2D eigenvalue weighted by Crippen LogP contribution is 2.07. The minimum atomic E-state index is -0.840. The summed E-state index contributed by atoms with van der Waals surface area (Å²) in [6.07, 6.45) is 6.30. The second-order valence-corrected chi connectivity index (χ2v) is 4.42. The fourth-order valence-corrected chi connectivity index (χ4v) is 1.72. The molecule has 1 atom stereocenters. The van der Waals surface area contributed by atoms with Gasteiger partial charge in [-0.3, -0.25) is 9.59 Å². The normalized spacial score (nSPS) is 12.1. The SMILES string of the molecule is CCCCCC(CC)NC(=O)CCCC(=O)O. The lowest BCUT2D eigenvalue weighted by atomic mass is 10.1. The van der Waals surface area contributed by atoms with Crippen LogP contribution in [0.15, 0.2) is 0 Å². The zero-order valence-corrected chi connectivity index (χ0v) is 11.0. The van der Waals surface area contributed by atoms with Gasteiger partial charge in [-0.25, -0.2) is 0 Å². The van der Waals surface area contributed by atoms with Crippen LogP contribution in [0, 0.1) is 0 Å². The summed E-state index contributed by atoms with van der Waals surface area (Å²) in [7, 11) is 0. The summed E-state index contributed by atoms with van der Waals surface area (Å²) in [5.41, 5.74) is 0. The average molecular weight is 243 g/mol. The number of amides is 1. The van der Waals surface area contributed by atoms with E-state index in [1.807, 2.05) is 0 Å². The van der Waals surface area contributed by atoms with Gasteiger partial charge in [-0.15, -0.1) is 0 Å². The van der Waals surface area contributed by atoms with Gasteiger partial charge in [0.15, 0.2) is 0 Å². The Labute approximate surface area is 104 Å². The highest BCUT2D eigenvalue weighted by molar-refractivity contribution is 5.77. The van der Waals surface area contributed by atoms with Crippen LogP contribution in [0.25, 0.3) is 0 Å². The van der Waals surface area contributed by atoms with Gasteiger partial charge >= 0.3 is 5.97 Å². The number of carbonyl (C=O) groups excluding carboxylic acids is 1. The van der Waals surface area contributed by atoms with Gasteiger partial charge < -0.3 is 10.4 Å². The third-order valence-electron chi connectivity index (χ3n) is 2.81. The van der Waals surface area contributed by atoms with Crippen LogP contribution >= 0.6 is 0 Å². The number of carbonyl (C=O) groups is 2. The van der Waals surface area contributed by atoms with Crippen LogP contribution in [0.5, 0.6) is 0 Å². The van der Waals surface area contributed by atoms with Gasteiger partial charge in [-0.2, -0.15) is 0 Å². The highest BCUT2D eigenvalue weighted by atomic mass is 16.4. The van der Waals surface area contributed by atoms with Gasteiger partial charge in [0.2, 0.25) is 5.91 Å². The maximum Gasteiger partial charge on any atom is 0.303 e. The van der Waals surface area contributed by atoms with Crippen molar-refractivity contribution in [3.8, 4) is 0 Å². The van der Waals surface area contributed by atoms with E-state index < -0.39 is 5.97 Å². The third-order valence-corrected chi connectivity index (χ3v) is 2.81. The van der Waals surface area contributed by atoms with Crippen LogP contribution in [0.1, 0.15) is 65.2 Å². The van der Waals surface area contributed by atoms with Crippen molar-refractivity contribution < 1.29 is 14.7 Å². The summed E-state index contributed by atoms with van der Waals surface area (Å²) in [5.74, 6) is -0.859. The Bertz CT molecular complexity index is 229. The van der Waals surface area contributed by atoms with E-state index >= 15 is 0 Å². The number of rotatable bonds is 10. The maximum absolute atomic E-state index is 11.5. The van der Waals surface area contributed by atoms with Gasteiger partial charge in [-0.05, 0) is 19.3 Å². The predicted molar refractivity (Wildman–Crippen MR) is 67.9 cm³/mol. The maximum atomic E-state index is 11.5. The Balaban J connectivity index is 3.70. The molecule has 4 nitrogen and oxygen atoms in total. The largest absolute Gasteiger partial charge is 0.481 e. The van der Waals surface area contributed by atoms with E-state index in [0.29, 0.717) is 12.8 Å². The summed E-state index contributed by atoms with van der Waals surface area (Å²) >= 11 is 0. The zero-order chi connectivity index (χ0) is 13.1. The average Bonchev–Trinajstić information content (AvgIpc) is 2.27. The first-order valence-electron chi connectivity index (χ1n) is 6.61. The summed E-state index contributed by atoms with van der Waals surface area (Å²) in [6, 6.07) is 0.249. The molecule has 0 radical (unpaired) electrons. The lowest BCUT2D eigenvalue weighted by molar-refractivity contribution is -0.137. The number of aliphatic carboxylic acids is 1. The van der Waals surface area contributed by atoms with E-state index in [0.717, 1.165) is 19.3 Å². The first-order valence-corrected chi connectivity index (χ1v) is 6.61. The second-order valence-electron chi connectivity index (χ2n) is 4.42. The van der Waals surface area contributed by atoms with E-state index in [1.165, 1.54) is 12.8 Å². The van der Waals surface area contributed by atoms with Crippen LogP contribution in [0.3, 0.4) is 0 Å². The van der Waals surface area contributed by atoms with Crippen molar-refractivity contribution in [1.82, 2.24) is 5.32 Å². The van der Waals surface area contributed by atoms with E-state index in [1.54, 1.807) is 0 Å². The minimum Gasteiger partial charge on any atom is -0.481 e. The smallest absolute Gasteiger partial charge is 0.303 e. The number of hydrogen-bond donors (Lipinski definition) is 2. The molecule has 0 aromatic rings. The quantitative estimate of drug-likeness (QED) is 0.580. The molecule has 0 aliphatic rings. The van der Waals surface area contributed by atoms with Crippen molar-refractivity contribution in [2.75, 3.05) is 0 Å². The Morgan fingerprint density at radius 1 is 1.12 bits per heavy atom. The number of nitrogens with one attached hydrogen (secondary N) is 1. The van der Waals surface area contributed by atoms with Crippen LogP contribution in [-0.2, 0) is 9.59 Å². The lowest BCUT2D eigenvalue weighted by Gasteiger charge is -2.16. The molecule has 0 heterocycles. The monoisotopic (exact) mass is 243 g/mol. The second kappa shape index (κ2) is 10.1. The van der Waals surface area contributed by atoms with Gasteiger partial charge in [0.1, 0.15) is 0 Å². The molecule has 0 aromatic heterocycles. The Morgan fingerprint density at radius 3 is 2.35 bits per heavy atom. The molecule has 0 bridgehead atoms. The van der Waals surface area contributed by atoms with E-state index in [-0.39, 0.29) is 18.4 Å². The molecule has 4 heteroatoms. The molecule has 0 saturated carbocycles. The van der Waals surface area contributed by atoms with Gasteiger partial charge in [-0.1, -0.05) is 33.1 Å². The highest BCUT2D eigenvalue weighted by Gasteiger charge is 2.10. The minimum absolute atomic E-state index is 0.0189. The number of hydrogen-bond acceptors (Lipinski definition) is 2. The van der Waals surface area contributed by atoms with E-state index in [2.05, 4.69) is 19.2 Å². The molecule has 100 valence electrons. The van der Waals surface area contributed by atoms with E-state index in [4.69, 9.17) is 5.11 Å². The number of carboxylic acid groups (broad SMARTS) is 1. The van der Waals surface area contributed by atoms with Crippen LogP contribution in [-0.4, -0.2) is 23.0 Å². The molecule has 0 fully saturated rings. The van der Waals surface area contributed by atoms with Crippen LogP contribution < -0.4 is 5.32 Å². The van der Waals surface area contributed by atoms with Gasteiger partial charge in [0.25, 0.3) is 0 Å². The summed E-state index contributed by atoms with van der Waals surface area (Å²) in [6.45, 7) is 4.22. The predicted octanol–water partition coefficient (Wildman–Crippen LogP) is 2.72. The standard InChI is InChI=1S/C13H25NO3/c1-3-5-6-8-11(4-2)14-12(15)9-7-10-13(16)17/h11H,3-10H2,1-2H3,(H,14,15)(H,16,17). The molecule has 0 aliphatic heterocycles. The fraction of sp³-hybridized carbons (Fsp3) is 0.846. The molecule has 0 spiro atoms. The summed E-state index contributed by atoms with van der Waals surface area (Å²) in [4.78, 5) is 21.8. The Hall–Kier alpha value is -1.06. The van der Waals surface area contributed by atoms with Gasteiger partial charge in [0, 0.05) is 18.9 Å². The van der Waals surface area contributed by atoms with E-state index in [9.17, 15) is 9.59 Å². The van der Waals surface area contributed by atoms with Crippen molar-refractivity contribution in [2.24, 2.45) is 0 Å². The Kier molecular flexibility index (Phi) is 9.49. The summed E-state index contributed by atoms with van der Waals surface area (Å²) < 4.78 is 0. The first-order chi connectivity index (χ1) is 8.10. The topological polar surface area (TPSA) is 66.4 Å². The molecule has 0 aliphatic carbocycles. The molecule has 1 amide bonds. The molecule has 0 rings (SSSR count). The lowest BCUT2D eigenvalue weighted by Crippen LogP contribution is -2.34. The molecule has 2 N–H and O–H groups in total. The van der Waals surface area contributed by atoms with Crippen molar-refractivity contribution in [3.05, 3.63) is 0 Å². The van der Waals surface area contributed by atoms with Crippen LogP contribution in [0.4, 0.5) is 0 Å². The van der Waals surface area contributed by atoms with Crippen molar-refractivity contribution >= 4 is 11.9 Å². The molecule has 17 heavy (non-hydrogen) atoms. The van der Waals surface area contributed by atoms with Crippen molar-refractivity contribution in [3.63, 3.8) is 0 Å². The third kappa shape index (κ3) is 9.85. The molecule has 0 aromatic carbocycles.